The Balaban J connectivity index is 0.000000495. The molecule has 1 saturated heterocycles. The van der Waals surface area contributed by atoms with Crippen molar-refractivity contribution in [3.8, 4) is 0 Å². The van der Waals surface area contributed by atoms with E-state index in [1.54, 1.807) is 13.8 Å². The number of carbonyl (C=O) groups excluding carboxylic acids is 4. The van der Waals surface area contributed by atoms with Gasteiger partial charge in [0.15, 0.2) is 5.78 Å². The summed E-state index contributed by atoms with van der Waals surface area (Å²) in [4.78, 5) is 46.8. The van der Waals surface area contributed by atoms with E-state index in [1.165, 1.54) is 61.6 Å². The Morgan fingerprint density at radius 2 is 1.64 bits per heavy atom. The van der Waals surface area contributed by atoms with E-state index in [0.717, 1.165) is 25.2 Å². The number of primary amides is 1. The molecule has 0 aromatic rings. The van der Waals surface area contributed by atoms with Gasteiger partial charge in [-0.3, -0.25) is 19.2 Å². The van der Waals surface area contributed by atoms with Gasteiger partial charge in [0.05, 0.1) is 17.3 Å². The Morgan fingerprint density at radius 1 is 1.09 bits per heavy atom. The van der Waals surface area contributed by atoms with Crippen molar-refractivity contribution in [3.05, 3.63) is 11.9 Å². The number of rotatable bonds is 9. The second-order valence-corrected chi connectivity index (χ2v) is 13.4. The van der Waals surface area contributed by atoms with Crippen molar-refractivity contribution in [2.24, 2.45) is 34.4 Å². The summed E-state index contributed by atoms with van der Waals surface area (Å²) in [5, 5.41) is 14.5. The Labute approximate surface area is 264 Å². The number of hydrazine groups is 1. The summed E-state index contributed by atoms with van der Waals surface area (Å²) < 4.78 is 0. The Morgan fingerprint density at radius 3 is 2.02 bits per heavy atom. The van der Waals surface area contributed by atoms with Gasteiger partial charge < -0.3 is 37.5 Å². The predicted molar refractivity (Wildman–Crippen MR) is 173 cm³/mol. The summed E-state index contributed by atoms with van der Waals surface area (Å²) in [7, 11) is 0. The van der Waals surface area contributed by atoms with E-state index in [1.807, 2.05) is 13.8 Å². The van der Waals surface area contributed by atoms with Crippen LogP contribution in [0.15, 0.2) is 11.9 Å². The number of Topliss-reactive ketones (excluding diaryl/α,β-unsaturated/α-hetero) is 1. The van der Waals surface area contributed by atoms with Crippen LogP contribution in [0.5, 0.6) is 0 Å². The molecule has 0 aromatic carbocycles. The van der Waals surface area contributed by atoms with Gasteiger partial charge in [-0.1, -0.05) is 33.1 Å². The summed E-state index contributed by atoms with van der Waals surface area (Å²) in [6.45, 7) is 11.0. The Hall–Kier alpha value is -2.70. The summed E-state index contributed by atoms with van der Waals surface area (Å²) in [5.74, 6) is 6.83. The first-order valence-corrected chi connectivity index (χ1v) is 16.3. The maximum absolute atomic E-state index is 13.0. The zero-order chi connectivity index (χ0) is 33.7. The van der Waals surface area contributed by atoms with E-state index in [-0.39, 0.29) is 37.1 Å². The smallest absolute Gasteiger partial charge is 0.243 e. The third-order valence-corrected chi connectivity index (χ3v) is 9.60. The van der Waals surface area contributed by atoms with Crippen molar-refractivity contribution in [1.82, 2.24) is 15.2 Å². The molecule has 0 radical (unpaired) electrons. The van der Waals surface area contributed by atoms with Gasteiger partial charge in [0.2, 0.25) is 18.7 Å². The van der Waals surface area contributed by atoms with Gasteiger partial charge in [0, 0.05) is 25.2 Å². The fourth-order valence-corrected chi connectivity index (χ4v) is 7.54. The largest absolute Gasteiger partial charge is 0.403 e. The second-order valence-electron chi connectivity index (χ2n) is 13.4. The number of carbonyl (C=O) groups is 4. The number of nitrogens with zero attached hydrogens (tertiary/aromatic N) is 2. The molecule has 12 heteroatoms. The highest BCUT2D eigenvalue weighted by molar-refractivity contribution is 5.93. The van der Waals surface area contributed by atoms with Crippen LogP contribution < -0.4 is 28.4 Å². The zero-order valence-corrected chi connectivity index (χ0v) is 28.0. The molecular formula is C32H61N7O5. The molecule has 10 N–H and O–H groups in total. The third kappa shape index (κ3) is 10.4. The number of fused-ring (bicyclic) bond motifs is 2. The molecule has 4 rings (SSSR count). The van der Waals surface area contributed by atoms with Crippen LogP contribution in [0.25, 0.3) is 0 Å². The summed E-state index contributed by atoms with van der Waals surface area (Å²) in [6.07, 6.45) is 15.1. The molecule has 2 bridgehead atoms. The van der Waals surface area contributed by atoms with Crippen LogP contribution in [0.1, 0.15) is 119 Å². The van der Waals surface area contributed by atoms with Crippen LogP contribution >= 0.6 is 0 Å². The summed E-state index contributed by atoms with van der Waals surface area (Å²) in [6, 6.07) is -0.693. The minimum atomic E-state index is -1.27. The average molecular weight is 624 g/mol. The fraction of sp³-hybridized carbons (Fsp3) is 0.812. The lowest BCUT2D eigenvalue weighted by molar-refractivity contribution is -0.136. The number of aliphatic hydroxyl groups is 1. The van der Waals surface area contributed by atoms with Crippen molar-refractivity contribution in [1.29, 1.82) is 0 Å². The molecule has 254 valence electrons. The number of hydrogen-bond donors (Lipinski definition) is 6. The van der Waals surface area contributed by atoms with Gasteiger partial charge in [0.25, 0.3) is 0 Å². The van der Waals surface area contributed by atoms with Crippen molar-refractivity contribution in [3.63, 3.8) is 0 Å². The van der Waals surface area contributed by atoms with Gasteiger partial charge >= 0.3 is 0 Å². The molecule has 3 atom stereocenters. The Bertz CT molecular complexity index is 951. The number of nitrogens with two attached hydrogens (primary N) is 4. The number of ketones is 1. The molecule has 4 fully saturated rings. The molecule has 0 aromatic heterocycles. The quantitative estimate of drug-likeness (QED) is 0.126. The fourth-order valence-electron chi connectivity index (χ4n) is 7.54. The number of amides is 3. The molecule has 12 nitrogen and oxygen atoms in total. The van der Waals surface area contributed by atoms with Gasteiger partial charge in [-0.15, -0.1) is 0 Å². The highest BCUT2D eigenvalue weighted by Gasteiger charge is 2.46. The van der Waals surface area contributed by atoms with E-state index in [0.29, 0.717) is 36.4 Å². The van der Waals surface area contributed by atoms with Crippen LogP contribution in [0.4, 0.5) is 0 Å². The lowest BCUT2D eigenvalue weighted by Crippen LogP contribution is -2.58. The van der Waals surface area contributed by atoms with Crippen LogP contribution in [0.3, 0.4) is 0 Å². The molecule has 3 aliphatic carbocycles. The summed E-state index contributed by atoms with van der Waals surface area (Å²) >= 11 is 0. The van der Waals surface area contributed by atoms with E-state index in [4.69, 9.17) is 22.1 Å². The Kier molecular flexibility index (Phi) is 15.8. The average Bonchev–Trinajstić information content (AvgIpc) is 3.69. The number of likely N-dealkylation sites (tertiary alicyclic amines) is 1. The molecule has 1 aliphatic heterocycles. The van der Waals surface area contributed by atoms with Crippen molar-refractivity contribution < 1.29 is 24.3 Å². The lowest BCUT2D eigenvalue weighted by atomic mass is 9.78. The molecule has 1 heterocycles. The van der Waals surface area contributed by atoms with Crippen LogP contribution in [-0.4, -0.2) is 75.3 Å². The first kappa shape index (κ1) is 39.3. The van der Waals surface area contributed by atoms with Crippen LogP contribution in [0, 0.1) is 11.3 Å². The predicted octanol–water partition coefficient (Wildman–Crippen LogP) is 2.17. The zero-order valence-electron chi connectivity index (χ0n) is 28.0. The molecule has 3 saturated carbocycles. The van der Waals surface area contributed by atoms with Crippen LogP contribution in [-0.2, 0) is 19.2 Å². The van der Waals surface area contributed by atoms with Gasteiger partial charge in [-0.05, 0) is 90.4 Å². The standard InChI is InChI=1S/C19H33N5O4.C10H19N.C2H6.CH3NO/c1-13(26)19(7-5-4-6-8-19)22-17(27)15-9-14(11-23(15)12-25)24(21)16(10-20)18(2,3)28;1-8(11)6-10-4-2-9(7-10)3-5-10;1-2;2-1-3/h10,12,14-15,28H,4-9,11,20-21H2,1-3H3,(H,22,27);8-9H,2-7,11H2,1H3;1-2H3;1H,(H2,2,3)/b16-10-;;;. The van der Waals surface area contributed by atoms with Crippen LogP contribution in [0.2, 0.25) is 0 Å². The van der Waals surface area contributed by atoms with Crippen molar-refractivity contribution >= 4 is 24.5 Å². The highest BCUT2D eigenvalue weighted by atomic mass is 16.3. The monoisotopic (exact) mass is 623 g/mol. The van der Waals surface area contributed by atoms with E-state index >= 15 is 0 Å². The van der Waals surface area contributed by atoms with E-state index in [9.17, 15) is 19.5 Å². The molecule has 0 spiro atoms. The molecule has 3 unspecified atom stereocenters. The minimum Gasteiger partial charge on any atom is -0.403 e. The number of nitrogens with one attached hydrogen (secondary N) is 1. The van der Waals surface area contributed by atoms with E-state index in [2.05, 4.69) is 18.0 Å². The first-order chi connectivity index (χ1) is 20.7. The second kappa shape index (κ2) is 17.7. The molecule has 44 heavy (non-hydrogen) atoms. The van der Waals surface area contributed by atoms with Crippen molar-refractivity contribution in [2.75, 3.05) is 6.54 Å². The SMILES string of the molecule is CC.CC(=O)C1(NC(=O)C2CC(N(N)/C(=C\N)C(C)(C)O)CN2C=O)CCCCC1.CC(N)CC12CCC(CC1)C2.NC=O. The summed E-state index contributed by atoms with van der Waals surface area (Å²) in [5.41, 5.74) is 14.5. The maximum Gasteiger partial charge on any atom is 0.243 e. The van der Waals surface area contributed by atoms with Crippen molar-refractivity contribution in [2.45, 2.75) is 148 Å². The molecule has 4 aliphatic rings. The topological polar surface area (TPSA) is 211 Å². The molecular weight excluding hydrogens is 562 g/mol. The van der Waals surface area contributed by atoms with Gasteiger partial charge in [-0.2, -0.15) is 0 Å². The molecule has 3 amide bonds. The number of hydrogen-bond acceptors (Lipinski definition) is 9. The normalized spacial score (nSPS) is 27.7. The lowest BCUT2D eigenvalue weighted by Gasteiger charge is -2.37. The van der Waals surface area contributed by atoms with Gasteiger partial charge in [-0.25, -0.2) is 5.84 Å². The van der Waals surface area contributed by atoms with Gasteiger partial charge in [0.1, 0.15) is 11.6 Å². The maximum atomic E-state index is 13.0. The van der Waals surface area contributed by atoms with E-state index < -0.39 is 17.2 Å². The minimum absolute atomic E-state index is 0.0522. The first-order valence-electron chi connectivity index (χ1n) is 16.3. The third-order valence-electron chi connectivity index (χ3n) is 9.60. The highest BCUT2D eigenvalue weighted by Crippen LogP contribution is 2.56.